The summed E-state index contributed by atoms with van der Waals surface area (Å²) in [6.45, 7) is 12.9. The average Bonchev–Trinajstić information content (AvgIpc) is 2.53. The van der Waals surface area contributed by atoms with Crippen LogP contribution < -0.4 is 10.6 Å². The Labute approximate surface area is 128 Å². The molecule has 3 N–H and O–H groups in total. The van der Waals surface area contributed by atoms with Crippen LogP contribution in [0.3, 0.4) is 0 Å². The van der Waals surface area contributed by atoms with E-state index in [-0.39, 0.29) is 35.3 Å². The SMILES string of the molecule is CC(C)(CO)CCCNC(=O)NC1CC(C)(C)OC1(C)C. The molecule has 21 heavy (non-hydrogen) atoms. The van der Waals surface area contributed by atoms with Gasteiger partial charge in [-0.25, -0.2) is 4.79 Å². The van der Waals surface area contributed by atoms with Crippen LogP contribution in [0.2, 0.25) is 0 Å². The maximum Gasteiger partial charge on any atom is 0.315 e. The van der Waals surface area contributed by atoms with Crippen molar-refractivity contribution in [3.05, 3.63) is 0 Å². The fraction of sp³-hybridized carbons (Fsp3) is 0.938. The highest BCUT2D eigenvalue weighted by molar-refractivity contribution is 5.74. The average molecular weight is 300 g/mol. The summed E-state index contributed by atoms with van der Waals surface area (Å²) in [5.74, 6) is 0. The van der Waals surface area contributed by atoms with Crippen LogP contribution in [0.4, 0.5) is 4.79 Å². The molecule has 0 aromatic rings. The molecule has 1 atom stereocenters. The highest BCUT2D eigenvalue weighted by Crippen LogP contribution is 2.37. The zero-order chi connectivity index (χ0) is 16.3. The van der Waals surface area contributed by atoms with E-state index in [1.807, 2.05) is 41.5 Å². The number of carbonyl (C=O) groups is 1. The van der Waals surface area contributed by atoms with Crippen molar-refractivity contribution in [3.8, 4) is 0 Å². The van der Waals surface area contributed by atoms with E-state index in [2.05, 4.69) is 10.6 Å². The minimum Gasteiger partial charge on any atom is -0.396 e. The van der Waals surface area contributed by atoms with Gasteiger partial charge in [0.25, 0.3) is 0 Å². The van der Waals surface area contributed by atoms with Crippen LogP contribution in [0.15, 0.2) is 0 Å². The zero-order valence-electron chi connectivity index (χ0n) is 14.4. The summed E-state index contributed by atoms with van der Waals surface area (Å²) < 4.78 is 5.96. The normalized spacial score (nSPS) is 23.9. The van der Waals surface area contributed by atoms with Crippen LogP contribution in [0.25, 0.3) is 0 Å². The summed E-state index contributed by atoms with van der Waals surface area (Å²) >= 11 is 0. The molecule has 0 aromatic carbocycles. The van der Waals surface area contributed by atoms with Gasteiger partial charge in [0.05, 0.1) is 17.2 Å². The smallest absolute Gasteiger partial charge is 0.315 e. The lowest BCUT2D eigenvalue weighted by Crippen LogP contribution is -2.49. The third-order valence-electron chi connectivity index (χ3n) is 4.12. The molecular weight excluding hydrogens is 268 g/mol. The molecule has 0 radical (unpaired) electrons. The number of urea groups is 1. The van der Waals surface area contributed by atoms with E-state index < -0.39 is 0 Å². The van der Waals surface area contributed by atoms with Gasteiger partial charge >= 0.3 is 6.03 Å². The van der Waals surface area contributed by atoms with Crippen LogP contribution in [-0.4, -0.2) is 41.5 Å². The number of rotatable bonds is 6. The van der Waals surface area contributed by atoms with E-state index in [0.29, 0.717) is 6.54 Å². The van der Waals surface area contributed by atoms with E-state index in [0.717, 1.165) is 19.3 Å². The van der Waals surface area contributed by atoms with Gasteiger partial charge in [-0.15, -0.1) is 0 Å². The van der Waals surface area contributed by atoms with Crippen LogP contribution >= 0.6 is 0 Å². The highest BCUT2D eigenvalue weighted by atomic mass is 16.5. The van der Waals surface area contributed by atoms with Crippen LogP contribution in [0, 0.1) is 5.41 Å². The number of amides is 2. The molecule has 1 aliphatic rings. The summed E-state index contributed by atoms with van der Waals surface area (Å²) in [6.07, 6.45) is 2.55. The Balaban J connectivity index is 2.32. The van der Waals surface area contributed by atoms with Crippen molar-refractivity contribution in [1.29, 1.82) is 0 Å². The van der Waals surface area contributed by atoms with Crippen LogP contribution in [-0.2, 0) is 4.74 Å². The Morgan fingerprint density at radius 3 is 2.43 bits per heavy atom. The number of aliphatic hydroxyl groups excluding tert-OH is 1. The van der Waals surface area contributed by atoms with Gasteiger partial charge in [-0.05, 0) is 52.4 Å². The second kappa shape index (κ2) is 6.53. The van der Waals surface area contributed by atoms with Crippen molar-refractivity contribution in [1.82, 2.24) is 10.6 Å². The van der Waals surface area contributed by atoms with Gasteiger partial charge in [0.2, 0.25) is 0 Å². The number of aliphatic hydroxyl groups is 1. The number of hydrogen-bond donors (Lipinski definition) is 3. The molecule has 0 saturated carbocycles. The molecule has 1 aliphatic heterocycles. The Morgan fingerprint density at radius 2 is 1.95 bits per heavy atom. The molecule has 124 valence electrons. The molecule has 1 heterocycles. The molecule has 0 aromatic heterocycles. The molecule has 5 nitrogen and oxygen atoms in total. The van der Waals surface area contributed by atoms with Gasteiger partial charge in [-0.3, -0.25) is 0 Å². The maximum absolute atomic E-state index is 12.0. The fourth-order valence-corrected chi connectivity index (χ4v) is 2.84. The molecule has 0 bridgehead atoms. The first-order valence-electron chi connectivity index (χ1n) is 7.83. The van der Waals surface area contributed by atoms with Crippen LogP contribution in [0.5, 0.6) is 0 Å². The Kier molecular flexibility index (Phi) is 5.67. The molecule has 5 heteroatoms. The largest absolute Gasteiger partial charge is 0.396 e. The first kappa shape index (κ1) is 18.2. The lowest BCUT2D eigenvalue weighted by atomic mass is 9.89. The second-order valence-electron chi connectivity index (χ2n) is 8.05. The predicted octanol–water partition coefficient (Wildman–Crippen LogP) is 2.43. The van der Waals surface area contributed by atoms with Crippen LogP contribution in [0.1, 0.15) is 60.8 Å². The number of nitrogens with one attached hydrogen (secondary N) is 2. The lowest BCUT2D eigenvalue weighted by molar-refractivity contribution is -0.0690. The minimum atomic E-state index is -0.348. The van der Waals surface area contributed by atoms with Gasteiger partial charge in [-0.2, -0.15) is 0 Å². The summed E-state index contributed by atoms with van der Waals surface area (Å²) in [4.78, 5) is 12.0. The summed E-state index contributed by atoms with van der Waals surface area (Å²) in [6, 6.07) is -0.127. The second-order valence-corrected chi connectivity index (χ2v) is 8.05. The summed E-state index contributed by atoms with van der Waals surface area (Å²) in [5, 5.41) is 15.1. The number of carbonyl (C=O) groups excluding carboxylic acids is 1. The van der Waals surface area contributed by atoms with Crippen molar-refractivity contribution in [2.24, 2.45) is 5.41 Å². The first-order chi connectivity index (χ1) is 9.47. The molecule has 0 spiro atoms. The molecule has 1 unspecified atom stereocenters. The molecule has 1 rings (SSSR count). The van der Waals surface area contributed by atoms with Gasteiger partial charge in [-0.1, -0.05) is 13.8 Å². The monoisotopic (exact) mass is 300 g/mol. The third kappa shape index (κ3) is 5.83. The molecule has 0 aliphatic carbocycles. The van der Waals surface area contributed by atoms with Crippen molar-refractivity contribution in [3.63, 3.8) is 0 Å². The molecule has 1 saturated heterocycles. The van der Waals surface area contributed by atoms with E-state index in [1.165, 1.54) is 0 Å². The molecule has 1 fully saturated rings. The number of ether oxygens (including phenoxy) is 1. The van der Waals surface area contributed by atoms with Gasteiger partial charge in [0.15, 0.2) is 0 Å². The van der Waals surface area contributed by atoms with E-state index in [1.54, 1.807) is 0 Å². The Morgan fingerprint density at radius 1 is 1.33 bits per heavy atom. The number of hydrogen-bond acceptors (Lipinski definition) is 3. The van der Waals surface area contributed by atoms with E-state index in [9.17, 15) is 9.90 Å². The van der Waals surface area contributed by atoms with Gasteiger partial charge in [0.1, 0.15) is 0 Å². The zero-order valence-corrected chi connectivity index (χ0v) is 14.4. The fourth-order valence-electron chi connectivity index (χ4n) is 2.84. The molecule has 2 amide bonds. The van der Waals surface area contributed by atoms with Crippen molar-refractivity contribution < 1.29 is 14.6 Å². The Bertz CT molecular complexity index is 365. The van der Waals surface area contributed by atoms with Crippen molar-refractivity contribution in [2.45, 2.75) is 78.0 Å². The standard InChI is InChI=1S/C16H32N2O3/c1-14(2,11-19)8-7-9-17-13(20)18-12-10-15(3,4)21-16(12,5)6/h12,19H,7-11H2,1-6H3,(H2,17,18,20). The van der Waals surface area contributed by atoms with E-state index >= 15 is 0 Å². The minimum absolute atomic E-state index is 0.0152. The topological polar surface area (TPSA) is 70.6 Å². The van der Waals surface area contributed by atoms with Gasteiger partial charge in [0, 0.05) is 13.2 Å². The quantitative estimate of drug-likeness (QED) is 0.660. The predicted molar refractivity (Wildman–Crippen MR) is 84.3 cm³/mol. The van der Waals surface area contributed by atoms with Crippen molar-refractivity contribution >= 4 is 6.03 Å². The van der Waals surface area contributed by atoms with Gasteiger partial charge < -0.3 is 20.5 Å². The third-order valence-corrected chi connectivity index (χ3v) is 4.12. The Hall–Kier alpha value is -0.810. The van der Waals surface area contributed by atoms with E-state index in [4.69, 9.17) is 4.74 Å². The highest BCUT2D eigenvalue weighted by Gasteiger charge is 2.46. The van der Waals surface area contributed by atoms with Crippen molar-refractivity contribution in [2.75, 3.05) is 13.2 Å². The first-order valence-corrected chi connectivity index (χ1v) is 7.83. The maximum atomic E-state index is 12.0. The summed E-state index contributed by atoms with van der Waals surface area (Å²) in [5.41, 5.74) is -0.629. The summed E-state index contributed by atoms with van der Waals surface area (Å²) in [7, 11) is 0. The lowest BCUT2D eigenvalue weighted by Gasteiger charge is -2.27. The molecular formula is C16H32N2O3.